The second kappa shape index (κ2) is 33.5. The average molecular weight is 600 g/mol. The maximum atomic E-state index is 12.0. The molecule has 0 saturated heterocycles. The van der Waals surface area contributed by atoms with Gasteiger partial charge in [-0.05, 0) is 25.7 Å². The molecular weight excluding hydrogens is 540 g/mol. The first-order valence-corrected chi connectivity index (χ1v) is 16.4. The zero-order valence-electron chi connectivity index (χ0n) is 26.1. The number of carboxylic acid groups (broad SMARTS) is 1. The Morgan fingerprint density at radius 2 is 0.833 bits per heavy atom. The first-order chi connectivity index (χ1) is 20.6. The zero-order chi connectivity index (χ0) is 30.8. The molecule has 0 spiro atoms. The average Bonchev–Trinajstić information content (AvgIpc) is 2.97. The number of carboxylic acids is 1. The molecule has 0 aliphatic carbocycles. The third kappa shape index (κ3) is 34.2. The van der Waals surface area contributed by atoms with Crippen molar-refractivity contribution in [2.45, 2.75) is 128 Å². The van der Waals surface area contributed by atoms with Gasteiger partial charge < -0.3 is 30.0 Å². The van der Waals surface area contributed by atoms with Crippen LogP contribution in [0.4, 0.5) is 0 Å². The van der Waals surface area contributed by atoms with Crippen molar-refractivity contribution < 1.29 is 38.5 Å². The van der Waals surface area contributed by atoms with Gasteiger partial charge in [0.25, 0.3) is 0 Å². The lowest BCUT2D eigenvalue weighted by atomic mass is 10.0. The highest BCUT2D eigenvalue weighted by Gasteiger charge is 2.02. The van der Waals surface area contributed by atoms with Crippen molar-refractivity contribution >= 4 is 24.1 Å². The number of carbonyl (C=O) groups is 3. The van der Waals surface area contributed by atoms with E-state index >= 15 is 0 Å². The number of carbonyl (C=O) groups excluding carboxylic acids is 3. The molecule has 0 fully saturated rings. The van der Waals surface area contributed by atoms with E-state index in [2.05, 4.69) is 10.6 Å². The summed E-state index contributed by atoms with van der Waals surface area (Å²) in [5, 5.41) is 14.3. The summed E-state index contributed by atoms with van der Waals surface area (Å²) in [4.78, 5) is 43.8. The quantitative estimate of drug-likeness (QED) is 0.0851. The molecule has 0 atom stereocenters. The number of aliphatic carboxylic acids is 1. The summed E-state index contributed by atoms with van der Waals surface area (Å²) < 4.78 is 16.4. The van der Waals surface area contributed by atoms with Crippen LogP contribution in [0.2, 0.25) is 0 Å². The molecule has 2 amide bonds. The summed E-state index contributed by atoms with van der Waals surface area (Å²) in [5.41, 5.74) is 0. The Kier molecular flexibility index (Phi) is 31.8. The number of hydrogen-bond donors (Lipinski definition) is 3. The van der Waals surface area contributed by atoms with E-state index in [9.17, 15) is 19.2 Å². The van der Waals surface area contributed by atoms with Crippen molar-refractivity contribution in [3.8, 4) is 0 Å². The predicted octanol–water partition coefficient (Wildman–Crippen LogP) is 5.26. The largest absolute Gasteiger partial charge is 0.481 e. The summed E-state index contributed by atoms with van der Waals surface area (Å²) in [7, 11) is 0. The lowest BCUT2D eigenvalue weighted by molar-refractivity contribution is -0.137. The molecule has 0 aliphatic rings. The minimum Gasteiger partial charge on any atom is -0.481 e. The van der Waals surface area contributed by atoms with Gasteiger partial charge in [-0.3, -0.25) is 19.2 Å². The van der Waals surface area contributed by atoms with Crippen molar-refractivity contribution in [3.05, 3.63) is 0 Å². The highest BCUT2D eigenvalue weighted by molar-refractivity contribution is 5.78. The van der Waals surface area contributed by atoms with E-state index in [1.54, 1.807) is 6.29 Å². The monoisotopic (exact) mass is 599 g/mol. The minimum atomic E-state index is -0.684. The van der Waals surface area contributed by atoms with E-state index in [1.165, 1.54) is 57.8 Å². The fourth-order valence-corrected chi connectivity index (χ4v) is 4.37. The van der Waals surface area contributed by atoms with Crippen LogP contribution in [-0.2, 0) is 33.4 Å². The van der Waals surface area contributed by atoms with Crippen LogP contribution in [0, 0.1) is 0 Å². The topological polar surface area (TPSA) is 140 Å². The molecule has 0 unspecified atom stereocenters. The highest BCUT2D eigenvalue weighted by atomic mass is 16.5. The van der Waals surface area contributed by atoms with E-state index in [-0.39, 0.29) is 24.7 Å². The lowest BCUT2D eigenvalue weighted by Crippen LogP contribution is -2.25. The molecule has 0 bridgehead atoms. The van der Waals surface area contributed by atoms with Crippen LogP contribution in [0.15, 0.2) is 0 Å². The maximum Gasteiger partial charge on any atom is 0.303 e. The number of ether oxygens (including phenoxy) is 3. The zero-order valence-corrected chi connectivity index (χ0v) is 26.1. The van der Waals surface area contributed by atoms with Gasteiger partial charge in [-0.25, -0.2) is 0 Å². The molecule has 0 aromatic carbocycles. The molecule has 245 valence electrons. The van der Waals surface area contributed by atoms with Gasteiger partial charge in [0, 0.05) is 52.0 Å². The van der Waals surface area contributed by atoms with Crippen LogP contribution >= 0.6 is 0 Å². The van der Waals surface area contributed by atoms with Crippen molar-refractivity contribution in [2.75, 3.05) is 52.7 Å². The number of nitrogens with one attached hydrogen (secondary N) is 2. The third-order valence-corrected chi connectivity index (χ3v) is 6.82. The van der Waals surface area contributed by atoms with Crippen molar-refractivity contribution in [3.63, 3.8) is 0 Å². The molecule has 0 aliphatic heterocycles. The van der Waals surface area contributed by atoms with Gasteiger partial charge in [-0.15, -0.1) is 0 Å². The van der Waals surface area contributed by atoms with Crippen LogP contribution in [0.1, 0.15) is 128 Å². The Hall–Kier alpha value is -2.04. The summed E-state index contributed by atoms with van der Waals surface area (Å²) >= 11 is 0. The Bertz CT molecular complexity index is 648. The summed E-state index contributed by atoms with van der Waals surface area (Å²) in [5.74, 6) is -0.702. The van der Waals surface area contributed by atoms with E-state index in [0.717, 1.165) is 38.5 Å². The first kappa shape index (κ1) is 40.0. The molecule has 0 aromatic heterocycles. The van der Waals surface area contributed by atoms with E-state index in [0.29, 0.717) is 72.0 Å². The number of rotatable bonds is 34. The minimum absolute atomic E-state index is 0.124. The second-order valence-corrected chi connectivity index (χ2v) is 10.7. The van der Waals surface area contributed by atoms with Crippen molar-refractivity contribution in [2.24, 2.45) is 0 Å². The third-order valence-electron chi connectivity index (χ3n) is 6.82. The Morgan fingerprint density at radius 1 is 0.476 bits per heavy atom. The molecular formula is C32H59N2O8. The lowest BCUT2D eigenvalue weighted by Gasteiger charge is -2.08. The van der Waals surface area contributed by atoms with E-state index in [4.69, 9.17) is 19.3 Å². The molecule has 0 saturated carbocycles. The molecule has 10 nitrogen and oxygen atoms in total. The molecule has 3 N–H and O–H groups in total. The predicted molar refractivity (Wildman–Crippen MR) is 164 cm³/mol. The van der Waals surface area contributed by atoms with Gasteiger partial charge in [-0.2, -0.15) is 0 Å². The highest BCUT2D eigenvalue weighted by Crippen LogP contribution is 2.13. The van der Waals surface area contributed by atoms with Gasteiger partial charge >= 0.3 is 5.97 Å². The molecule has 0 rings (SSSR count). The summed E-state index contributed by atoms with van der Waals surface area (Å²) in [6, 6.07) is 0. The standard InChI is InChI=1S/C32H59N2O8/c35-23-15-19-31(37)34-22-17-25-41-27-29-42-28-26-40-24-16-21-33-30(36)18-13-11-9-7-5-3-1-2-4-6-8-10-12-14-20-32(38)39/h1-22,24-29H2,(H,33,36)(H,34,37)(H,38,39). The Labute approximate surface area is 254 Å². The van der Waals surface area contributed by atoms with Gasteiger partial charge in [0.1, 0.15) is 0 Å². The molecule has 42 heavy (non-hydrogen) atoms. The normalized spacial score (nSPS) is 11.0. The van der Waals surface area contributed by atoms with Gasteiger partial charge in [0.05, 0.1) is 26.4 Å². The fourth-order valence-electron chi connectivity index (χ4n) is 4.37. The van der Waals surface area contributed by atoms with Crippen molar-refractivity contribution in [1.29, 1.82) is 0 Å². The molecule has 0 aromatic rings. The van der Waals surface area contributed by atoms with Gasteiger partial charge in [0.2, 0.25) is 11.8 Å². The number of unbranched alkanes of at least 4 members (excludes halogenated alkanes) is 13. The van der Waals surface area contributed by atoms with Gasteiger partial charge in [-0.1, -0.05) is 77.0 Å². The number of hydrogen-bond acceptors (Lipinski definition) is 7. The van der Waals surface area contributed by atoms with Crippen LogP contribution in [-0.4, -0.2) is 81.9 Å². The Morgan fingerprint density at radius 3 is 1.24 bits per heavy atom. The fraction of sp³-hybridized carbons (Fsp3) is 0.875. The maximum absolute atomic E-state index is 12.0. The smallest absolute Gasteiger partial charge is 0.303 e. The molecule has 1 radical (unpaired) electrons. The molecule has 0 heterocycles. The SMILES string of the molecule is O=[C]CCC(=O)NCCCOCCOCCOCCCNC(=O)CCCCCCCCCCCCCCCCC(=O)O. The first-order valence-electron chi connectivity index (χ1n) is 16.4. The summed E-state index contributed by atoms with van der Waals surface area (Å²) in [6.07, 6.45) is 20.9. The van der Waals surface area contributed by atoms with Crippen LogP contribution in [0.5, 0.6) is 0 Å². The van der Waals surface area contributed by atoms with Crippen LogP contribution in [0.25, 0.3) is 0 Å². The Balaban J connectivity index is 3.19. The van der Waals surface area contributed by atoms with Crippen molar-refractivity contribution in [1.82, 2.24) is 10.6 Å². The second-order valence-electron chi connectivity index (χ2n) is 10.7. The van der Waals surface area contributed by atoms with Crippen LogP contribution in [0.3, 0.4) is 0 Å². The van der Waals surface area contributed by atoms with Crippen LogP contribution < -0.4 is 10.6 Å². The van der Waals surface area contributed by atoms with E-state index in [1.807, 2.05) is 0 Å². The molecule has 10 heteroatoms. The summed E-state index contributed by atoms with van der Waals surface area (Å²) in [6.45, 7) is 4.27. The van der Waals surface area contributed by atoms with Gasteiger partial charge in [0.15, 0.2) is 6.29 Å². The number of amides is 2. The van der Waals surface area contributed by atoms with E-state index < -0.39 is 5.97 Å².